The molecule has 1 N–H and O–H groups in total. The van der Waals surface area contributed by atoms with Crippen molar-refractivity contribution in [2.24, 2.45) is 5.92 Å². The second kappa shape index (κ2) is 8.48. The minimum atomic E-state index is -4.74. The quantitative estimate of drug-likeness (QED) is 0.609. The number of rotatable bonds is 4. The van der Waals surface area contributed by atoms with Crippen LogP contribution in [0.2, 0.25) is 0 Å². The summed E-state index contributed by atoms with van der Waals surface area (Å²) < 4.78 is 47.8. The highest BCUT2D eigenvalue weighted by molar-refractivity contribution is 5.71. The summed E-state index contributed by atoms with van der Waals surface area (Å²) >= 11 is 0. The summed E-state index contributed by atoms with van der Waals surface area (Å²) in [5.74, 6) is 0.197. The molecule has 5 nitrogen and oxygen atoms in total. The van der Waals surface area contributed by atoms with E-state index in [0.717, 1.165) is 55.6 Å². The molecular weight excluding hydrogens is 445 g/mol. The van der Waals surface area contributed by atoms with Crippen LogP contribution in [0.15, 0.2) is 42.5 Å². The first-order valence-corrected chi connectivity index (χ1v) is 11.8. The number of halogens is 3. The van der Waals surface area contributed by atoms with Gasteiger partial charge < -0.3 is 14.8 Å². The third-order valence-electron chi connectivity index (χ3n) is 7.42. The second-order valence-corrected chi connectivity index (χ2v) is 10.2. The number of amides is 1. The average Bonchev–Trinajstić information content (AvgIpc) is 3.02. The van der Waals surface area contributed by atoms with E-state index in [0.29, 0.717) is 11.5 Å². The Hall–Kier alpha value is -2.74. The number of nitrogens with one attached hydrogen (secondary N) is 1. The Labute approximate surface area is 197 Å². The van der Waals surface area contributed by atoms with Crippen LogP contribution < -0.4 is 10.1 Å². The van der Waals surface area contributed by atoms with Crippen LogP contribution >= 0.6 is 0 Å². The highest BCUT2D eigenvalue weighted by Gasteiger charge is 2.40. The van der Waals surface area contributed by atoms with E-state index in [2.05, 4.69) is 28.8 Å². The fraction of sp³-hybridized carbons (Fsp3) is 0.500. The van der Waals surface area contributed by atoms with Gasteiger partial charge in [-0.3, -0.25) is 4.90 Å². The molecule has 3 aliphatic heterocycles. The molecule has 2 aromatic rings. The number of alkyl carbamates (subject to hydrolysis) is 1. The average molecular weight is 475 g/mol. The molecule has 0 spiro atoms. The first kappa shape index (κ1) is 23.0. The first-order valence-electron chi connectivity index (χ1n) is 11.8. The molecule has 3 fully saturated rings. The number of ether oxygens (including phenoxy) is 2. The van der Waals surface area contributed by atoms with Gasteiger partial charge in [-0.25, -0.2) is 4.79 Å². The Bertz CT molecular complexity index is 1080. The summed E-state index contributed by atoms with van der Waals surface area (Å²) in [6.45, 7) is 7.21. The van der Waals surface area contributed by atoms with Crippen LogP contribution in [0, 0.1) is 5.92 Å². The summed E-state index contributed by atoms with van der Waals surface area (Å²) in [6, 6.07) is 11.6. The molecule has 3 heterocycles. The molecule has 6 rings (SSSR count). The predicted molar refractivity (Wildman–Crippen MR) is 122 cm³/mol. The molecule has 1 aliphatic carbocycles. The van der Waals surface area contributed by atoms with Gasteiger partial charge in [0.15, 0.2) is 0 Å². The maximum atomic E-state index is 12.7. The first-order chi connectivity index (χ1) is 16.1. The van der Waals surface area contributed by atoms with Gasteiger partial charge in [-0.15, -0.1) is 13.2 Å². The summed E-state index contributed by atoms with van der Waals surface area (Å²) in [6.07, 6.45) is -2.29. The molecule has 3 saturated heterocycles. The maximum Gasteiger partial charge on any atom is 0.573 e. The second-order valence-electron chi connectivity index (χ2n) is 10.2. The van der Waals surface area contributed by atoms with E-state index in [-0.39, 0.29) is 29.4 Å². The molecule has 1 amide bonds. The lowest BCUT2D eigenvalue weighted by molar-refractivity contribution is -0.274. The number of hydrogen-bond donors (Lipinski definition) is 1. The third kappa shape index (κ3) is 4.73. The van der Waals surface area contributed by atoms with Crippen molar-refractivity contribution in [3.63, 3.8) is 0 Å². The van der Waals surface area contributed by atoms with Gasteiger partial charge in [0.1, 0.15) is 11.9 Å². The molecular formula is C26H29F3N2O3. The molecule has 34 heavy (non-hydrogen) atoms. The molecule has 8 heteroatoms. The number of fused-ring (bicyclic) bond motifs is 4. The Kier molecular flexibility index (Phi) is 5.74. The molecule has 2 atom stereocenters. The SMILES string of the molecule is CC1(C)CC(NC(=O)O[C@@H]2CN3CCC2CC3)c2ccc(-c3cccc(OC(F)(F)F)c3)cc21. The van der Waals surface area contributed by atoms with Gasteiger partial charge in [-0.2, -0.15) is 0 Å². The van der Waals surface area contributed by atoms with Crippen molar-refractivity contribution in [2.75, 3.05) is 19.6 Å². The van der Waals surface area contributed by atoms with Crippen molar-refractivity contribution in [1.29, 1.82) is 0 Å². The van der Waals surface area contributed by atoms with Gasteiger partial charge in [0.25, 0.3) is 0 Å². The number of carbonyl (C=O) groups is 1. The molecule has 1 unspecified atom stereocenters. The standard InChI is InChI=1S/C26H29F3N2O3/c1-25(2)14-22(30-24(32)33-23-15-31-10-8-16(23)9-11-31)20-7-6-18(13-21(20)25)17-4-3-5-19(12-17)34-26(27,28)29/h3-7,12-13,16,22-23H,8-11,14-15H2,1-2H3,(H,30,32)/t22?,23-/m1/s1. The van der Waals surface area contributed by atoms with Crippen molar-refractivity contribution < 1.29 is 27.4 Å². The van der Waals surface area contributed by atoms with E-state index in [9.17, 15) is 18.0 Å². The number of piperidine rings is 3. The van der Waals surface area contributed by atoms with Crippen LogP contribution in [0.4, 0.5) is 18.0 Å². The van der Waals surface area contributed by atoms with Crippen molar-refractivity contribution in [1.82, 2.24) is 10.2 Å². The van der Waals surface area contributed by atoms with Crippen molar-refractivity contribution in [3.05, 3.63) is 53.6 Å². The van der Waals surface area contributed by atoms with Crippen LogP contribution in [0.3, 0.4) is 0 Å². The molecule has 0 aromatic heterocycles. The Morgan fingerprint density at radius 2 is 1.82 bits per heavy atom. The Morgan fingerprint density at radius 1 is 1.09 bits per heavy atom. The molecule has 2 bridgehead atoms. The molecule has 182 valence electrons. The monoisotopic (exact) mass is 474 g/mol. The van der Waals surface area contributed by atoms with Crippen molar-refractivity contribution in [3.8, 4) is 16.9 Å². The minimum Gasteiger partial charge on any atom is -0.445 e. The lowest BCUT2D eigenvalue weighted by Gasteiger charge is -2.43. The number of alkyl halides is 3. The van der Waals surface area contributed by atoms with Crippen LogP contribution in [-0.2, 0) is 10.2 Å². The van der Waals surface area contributed by atoms with E-state index in [1.807, 2.05) is 18.2 Å². The van der Waals surface area contributed by atoms with Gasteiger partial charge in [0.2, 0.25) is 0 Å². The summed E-state index contributed by atoms with van der Waals surface area (Å²) in [5, 5.41) is 3.07. The molecule has 4 aliphatic rings. The van der Waals surface area contributed by atoms with Crippen molar-refractivity contribution >= 4 is 6.09 Å². The highest BCUT2D eigenvalue weighted by Crippen LogP contribution is 2.46. The summed E-state index contributed by atoms with van der Waals surface area (Å²) in [7, 11) is 0. The number of carbonyl (C=O) groups excluding carboxylic acids is 1. The smallest absolute Gasteiger partial charge is 0.445 e. The minimum absolute atomic E-state index is 0.0510. The van der Waals surface area contributed by atoms with Gasteiger partial charge in [-0.05, 0) is 78.1 Å². The van der Waals surface area contributed by atoms with E-state index < -0.39 is 6.36 Å². The fourth-order valence-electron chi connectivity index (χ4n) is 5.72. The maximum absolute atomic E-state index is 12.7. The molecule has 0 saturated carbocycles. The summed E-state index contributed by atoms with van der Waals surface area (Å²) in [5.41, 5.74) is 3.31. The summed E-state index contributed by atoms with van der Waals surface area (Å²) in [4.78, 5) is 15.1. The van der Waals surface area contributed by atoms with Gasteiger partial charge in [-0.1, -0.05) is 44.2 Å². The van der Waals surface area contributed by atoms with Crippen LogP contribution in [0.25, 0.3) is 11.1 Å². The van der Waals surface area contributed by atoms with E-state index >= 15 is 0 Å². The van der Waals surface area contributed by atoms with Crippen molar-refractivity contribution in [2.45, 2.75) is 57.0 Å². The number of hydrogen-bond acceptors (Lipinski definition) is 4. The fourth-order valence-corrected chi connectivity index (χ4v) is 5.72. The van der Waals surface area contributed by atoms with E-state index in [1.165, 1.54) is 12.1 Å². The largest absolute Gasteiger partial charge is 0.573 e. The zero-order chi connectivity index (χ0) is 24.1. The Morgan fingerprint density at radius 3 is 2.50 bits per heavy atom. The topological polar surface area (TPSA) is 50.8 Å². The van der Waals surface area contributed by atoms with Crippen LogP contribution in [0.5, 0.6) is 5.75 Å². The molecule has 2 aromatic carbocycles. The number of benzene rings is 2. The lowest BCUT2D eigenvalue weighted by atomic mass is 9.85. The normalized spacial score (nSPS) is 27.2. The Balaban J connectivity index is 1.32. The zero-order valence-corrected chi connectivity index (χ0v) is 19.3. The van der Waals surface area contributed by atoms with Gasteiger partial charge >= 0.3 is 12.5 Å². The van der Waals surface area contributed by atoms with Gasteiger partial charge in [0.05, 0.1) is 6.04 Å². The lowest BCUT2D eigenvalue weighted by Crippen LogP contribution is -2.52. The third-order valence-corrected chi connectivity index (χ3v) is 7.42. The highest BCUT2D eigenvalue weighted by atomic mass is 19.4. The molecule has 0 radical (unpaired) electrons. The van der Waals surface area contributed by atoms with E-state index in [1.54, 1.807) is 12.1 Å². The van der Waals surface area contributed by atoms with Crippen LogP contribution in [-0.4, -0.2) is 43.1 Å². The zero-order valence-electron chi connectivity index (χ0n) is 19.3. The van der Waals surface area contributed by atoms with Gasteiger partial charge in [0, 0.05) is 6.54 Å². The number of nitrogens with zero attached hydrogens (tertiary/aromatic N) is 1. The van der Waals surface area contributed by atoms with E-state index in [4.69, 9.17) is 4.74 Å². The predicted octanol–water partition coefficient (Wildman–Crippen LogP) is 5.80. The van der Waals surface area contributed by atoms with Crippen LogP contribution in [0.1, 0.15) is 50.3 Å².